The summed E-state index contributed by atoms with van der Waals surface area (Å²) in [5.74, 6) is 0.262. The van der Waals surface area contributed by atoms with Crippen molar-refractivity contribution in [3.8, 4) is 0 Å². The highest BCUT2D eigenvalue weighted by molar-refractivity contribution is 9.09. The molecule has 0 aliphatic carbocycles. The number of alkyl halides is 1. The summed E-state index contributed by atoms with van der Waals surface area (Å²) < 4.78 is 0. The lowest BCUT2D eigenvalue weighted by molar-refractivity contribution is -0.131. The molecule has 2 rings (SSSR count). The first-order valence-electron chi connectivity index (χ1n) is 5.18. The topological polar surface area (TPSA) is 20.3 Å². The molecular weight excluding hydrogens is 274 g/mol. The Balaban J connectivity index is 1.90. The van der Waals surface area contributed by atoms with E-state index in [0.717, 1.165) is 25.1 Å². The van der Waals surface area contributed by atoms with Crippen LogP contribution in [0.25, 0.3) is 0 Å². The Bertz CT molecular complexity index is 325. The van der Waals surface area contributed by atoms with Crippen LogP contribution in [0.1, 0.15) is 18.4 Å². The number of hydrogen-bond donors (Lipinski definition) is 0. The van der Waals surface area contributed by atoms with E-state index < -0.39 is 0 Å². The van der Waals surface area contributed by atoms with Crippen molar-refractivity contribution in [2.24, 2.45) is 0 Å². The fourth-order valence-electron chi connectivity index (χ4n) is 1.83. The van der Waals surface area contributed by atoms with Gasteiger partial charge in [-0.2, -0.15) is 11.3 Å². The molecule has 1 aromatic heterocycles. The fraction of sp³-hybridized carbons (Fsp3) is 0.545. The maximum Gasteiger partial charge on any atom is 0.227 e. The molecule has 1 amide bonds. The fourth-order valence-corrected chi connectivity index (χ4v) is 3.17. The molecule has 1 unspecified atom stereocenters. The molecule has 1 aliphatic heterocycles. The maximum atomic E-state index is 11.9. The molecule has 1 fully saturated rings. The molecule has 15 heavy (non-hydrogen) atoms. The SMILES string of the molecule is O=C(Cc1ccsc1)N1CCCC(Br)C1. The van der Waals surface area contributed by atoms with Gasteiger partial charge in [-0.3, -0.25) is 4.79 Å². The largest absolute Gasteiger partial charge is 0.341 e. The van der Waals surface area contributed by atoms with Crippen LogP contribution in [0, 0.1) is 0 Å². The van der Waals surface area contributed by atoms with Crippen molar-refractivity contribution >= 4 is 33.2 Å². The third-order valence-electron chi connectivity index (χ3n) is 2.65. The average molecular weight is 288 g/mol. The van der Waals surface area contributed by atoms with Gasteiger partial charge < -0.3 is 4.90 Å². The van der Waals surface area contributed by atoms with E-state index in [0.29, 0.717) is 11.2 Å². The van der Waals surface area contributed by atoms with Gasteiger partial charge in [0.25, 0.3) is 0 Å². The van der Waals surface area contributed by atoms with Gasteiger partial charge in [0.2, 0.25) is 5.91 Å². The lowest BCUT2D eigenvalue weighted by Gasteiger charge is -2.30. The molecule has 0 aromatic carbocycles. The molecule has 0 saturated carbocycles. The number of nitrogens with zero attached hydrogens (tertiary/aromatic N) is 1. The Hall–Kier alpha value is -0.350. The number of amides is 1. The number of piperidine rings is 1. The molecule has 1 atom stereocenters. The van der Waals surface area contributed by atoms with Gasteiger partial charge in [-0.15, -0.1) is 0 Å². The van der Waals surface area contributed by atoms with E-state index in [1.165, 1.54) is 6.42 Å². The minimum atomic E-state index is 0.262. The van der Waals surface area contributed by atoms with Crippen LogP contribution in [-0.4, -0.2) is 28.7 Å². The van der Waals surface area contributed by atoms with E-state index >= 15 is 0 Å². The van der Waals surface area contributed by atoms with E-state index in [1.807, 2.05) is 21.7 Å². The number of thiophene rings is 1. The van der Waals surface area contributed by atoms with Crippen molar-refractivity contribution in [2.45, 2.75) is 24.1 Å². The van der Waals surface area contributed by atoms with Crippen LogP contribution < -0.4 is 0 Å². The highest BCUT2D eigenvalue weighted by Crippen LogP contribution is 2.18. The number of rotatable bonds is 2. The van der Waals surface area contributed by atoms with Crippen molar-refractivity contribution in [2.75, 3.05) is 13.1 Å². The summed E-state index contributed by atoms with van der Waals surface area (Å²) in [6.07, 6.45) is 2.86. The minimum absolute atomic E-state index is 0.262. The van der Waals surface area contributed by atoms with Crippen molar-refractivity contribution < 1.29 is 4.79 Å². The molecule has 4 heteroatoms. The first-order valence-corrected chi connectivity index (χ1v) is 7.04. The summed E-state index contributed by atoms with van der Waals surface area (Å²) in [6.45, 7) is 1.79. The lowest BCUT2D eigenvalue weighted by Crippen LogP contribution is -2.40. The zero-order valence-electron chi connectivity index (χ0n) is 8.49. The van der Waals surface area contributed by atoms with Crippen molar-refractivity contribution in [1.29, 1.82) is 0 Å². The third-order valence-corrected chi connectivity index (χ3v) is 4.13. The van der Waals surface area contributed by atoms with E-state index in [-0.39, 0.29) is 5.91 Å². The van der Waals surface area contributed by atoms with E-state index in [1.54, 1.807) is 11.3 Å². The predicted octanol–water partition coefficient (Wildman–Crippen LogP) is 2.68. The molecular formula is C11H14BrNOS. The summed E-state index contributed by atoms with van der Waals surface area (Å²) in [7, 11) is 0. The van der Waals surface area contributed by atoms with Crippen LogP contribution in [0.5, 0.6) is 0 Å². The van der Waals surface area contributed by atoms with Gasteiger partial charge in [-0.1, -0.05) is 15.9 Å². The quantitative estimate of drug-likeness (QED) is 0.766. The van der Waals surface area contributed by atoms with Gasteiger partial charge in [0.15, 0.2) is 0 Å². The second-order valence-corrected chi connectivity index (χ2v) is 5.96. The Labute approximate surface area is 102 Å². The molecule has 1 aromatic rings. The standard InChI is InChI=1S/C11H14BrNOS/c12-10-2-1-4-13(7-10)11(14)6-9-3-5-15-8-9/h3,5,8,10H,1-2,4,6-7H2. The summed E-state index contributed by atoms with van der Waals surface area (Å²) in [5.41, 5.74) is 1.14. The van der Waals surface area contributed by atoms with Gasteiger partial charge >= 0.3 is 0 Å². The molecule has 0 radical (unpaired) electrons. The Kier molecular flexibility index (Phi) is 3.81. The zero-order valence-corrected chi connectivity index (χ0v) is 10.9. The normalized spacial score (nSPS) is 21.7. The maximum absolute atomic E-state index is 11.9. The molecule has 0 spiro atoms. The molecule has 82 valence electrons. The van der Waals surface area contributed by atoms with Gasteiger partial charge in [0.05, 0.1) is 6.42 Å². The first-order chi connectivity index (χ1) is 7.25. The van der Waals surface area contributed by atoms with Crippen molar-refractivity contribution in [1.82, 2.24) is 4.90 Å². The average Bonchev–Trinajstić information content (AvgIpc) is 2.70. The van der Waals surface area contributed by atoms with E-state index in [2.05, 4.69) is 15.9 Å². The highest BCUT2D eigenvalue weighted by Gasteiger charge is 2.21. The van der Waals surface area contributed by atoms with Crippen LogP contribution in [-0.2, 0) is 11.2 Å². The summed E-state index contributed by atoms with van der Waals surface area (Å²) >= 11 is 5.23. The summed E-state index contributed by atoms with van der Waals surface area (Å²) in [4.78, 5) is 14.4. The molecule has 0 N–H and O–H groups in total. The minimum Gasteiger partial charge on any atom is -0.341 e. The number of carbonyl (C=O) groups is 1. The van der Waals surface area contributed by atoms with Gasteiger partial charge in [-0.25, -0.2) is 0 Å². The van der Waals surface area contributed by atoms with Crippen molar-refractivity contribution in [3.05, 3.63) is 22.4 Å². The second-order valence-electron chi connectivity index (χ2n) is 3.89. The molecule has 1 saturated heterocycles. The van der Waals surface area contributed by atoms with Crippen LogP contribution >= 0.6 is 27.3 Å². The first kappa shape index (κ1) is 11.1. The van der Waals surface area contributed by atoms with Crippen LogP contribution in [0.4, 0.5) is 0 Å². The van der Waals surface area contributed by atoms with Crippen LogP contribution in [0.2, 0.25) is 0 Å². The van der Waals surface area contributed by atoms with Gasteiger partial charge in [-0.05, 0) is 35.2 Å². The van der Waals surface area contributed by atoms with E-state index in [9.17, 15) is 4.79 Å². The van der Waals surface area contributed by atoms with Crippen LogP contribution in [0.3, 0.4) is 0 Å². The second kappa shape index (κ2) is 5.12. The predicted molar refractivity (Wildman–Crippen MR) is 66.6 cm³/mol. The number of halogens is 1. The zero-order chi connectivity index (χ0) is 10.7. The van der Waals surface area contributed by atoms with Gasteiger partial charge in [0.1, 0.15) is 0 Å². The highest BCUT2D eigenvalue weighted by atomic mass is 79.9. The smallest absolute Gasteiger partial charge is 0.227 e. The monoisotopic (exact) mass is 287 g/mol. The Morgan fingerprint density at radius 3 is 3.20 bits per heavy atom. The summed E-state index contributed by atoms with van der Waals surface area (Å²) in [5, 5.41) is 4.07. The Morgan fingerprint density at radius 2 is 2.53 bits per heavy atom. The molecule has 0 bridgehead atoms. The lowest BCUT2D eigenvalue weighted by atomic mass is 10.1. The third kappa shape index (κ3) is 3.05. The van der Waals surface area contributed by atoms with Crippen molar-refractivity contribution in [3.63, 3.8) is 0 Å². The van der Waals surface area contributed by atoms with Crippen LogP contribution in [0.15, 0.2) is 16.8 Å². The molecule has 2 heterocycles. The Morgan fingerprint density at radius 1 is 1.67 bits per heavy atom. The number of likely N-dealkylation sites (tertiary alicyclic amines) is 1. The number of carbonyl (C=O) groups excluding carboxylic acids is 1. The number of hydrogen-bond acceptors (Lipinski definition) is 2. The van der Waals surface area contributed by atoms with E-state index in [4.69, 9.17) is 0 Å². The molecule has 1 aliphatic rings. The van der Waals surface area contributed by atoms with Gasteiger partial charge in [0, 0.05) is 17.9 Å². The summed E-state index contributed by atoms with van der Waals surface area (Å²) in [6, 6.07) is 2.03. The molecule has 2 nitrogen and oxygen atoms in total.